The van der Waals surface area contributed by atoms with E-state index in [1.165, 1.54) is 44.2 Å². The largest absolute Gasteiger partial charge is 0.573 e. The molecule has 0 unspecified atom stereocenters. The number of rotatable bonds is 9. The van der Waals surface area contributed by atoms with Gasteiger partial charge in [0.05, 0.1) is 0 Å². The average Bonchev–Trinajstić information content (AvgIpc) is 2.73. The molecule has 176 valence electrons. The lowest BCUT2D eigenvalue weighted by Crippen LogP contribution is -2.17. The van der Waals surface area contributed by atoms with Crippen molar-refractivity contribution in [1.29, 1.82) is 0 Å². The van der Waals surface area contributed by atoms with Crippen molar-refractivity contribution in [1.82, 2.24) is 0 Å². The van der Waals surface area contributed by atoms with Crippen molar-refractivity contribution in [3.05, 3.63) is 65.0 Å². The Morgan fingerprint density at radius 2 is 1.62 bits per heavy atom. The van der Waals surface area contributed by atoms with Crippen molar-refractivity contribution in [3.63, 3.8) is 0 Å². The van der Waals surface area contributed by atoms with Gasteiger partial charge in [-0.2, -0.15) is 0 Å². The second-order valence-corrected chi connectivity index (χ2v) is 9.59. The van der Waals surface area contributed by atoms with Gasteiger partial charge < -0.3 is 4.74 Å². The number of halogens is 4. The smallest absolute Gasteiger partial charge is 0.406 e. The fraction of sp³-hybridized carbons (Fsp3) is 0.556. The van der Waals surface area contributed by atoms with E-state index >= 15 is 0 Å². The van der Waals surface area contributed by atoms with Crippen LogP contribution in [-0.4, -0.2) is 6.36 Å². The number of aryl methyl sites for hydroxylation is 2. The van der Waals surface area contributed by atoms with Crippen molar-refractivity contribution in [2.75, 3.05) is 0 Å². The number of ether oxygens (including phenoxy) is 1. The molecule has 0 N–H and O–H groups in total. The molecule has 0 spiro atoms. The van der Waals surface area contributed by atoms with Crippen molar-refractivity contribution >= 4 is 0 Å². The Morgan fingerprint density at radius 3 is 2.22 bits per heavy atom. The van der Waals surface area contributed by atoms with Crippen LogP contribution in [0.4, 0.5) is 17.6 Å². The van der Waals surface area contributed by atoms with Crippen LogP contribution in [0.15, 0.2) is 42.5 Å². The normalized spacial score (nSPS) is 19.3. The molecular weight excluding hydrogens is 416 g/mol. The molecule has 32 heavy (non-hydrogen) atoms. The third kappa shape index (κ3) is 7.83. The number of hydrogen-bond acceptors (Lipinski definition) is 1. The summed E-state index contributed by atoms with van der Waals surface area (Å²) in [5.74, 6) is 1.61. The van der Waals surface area contributed by atoms with E-state index in [0.29, 0.717) is 24.3 Å². The lowest BCUT2D eigenvalue weighted by molar-refractivity contribution is -0.274. The summed E-state index contributed by atoms with van der Waals surface area (Å²) in [6, 6.07) is 11.4. The van der Waals surface area contributed by atoms with Gasteiger partial charge in [0.25, 0.3) is 0 Å². The minimum absolute atomic E-state index is 0.182. The molecule has 0 saturated heterocycles. The Bertz CT molecular complexity index is 834. The van der Waals surface area contributed by atoms with E-state index in [-0.39, 0.29) is 11.6 Å². The third-order valence-corrected chi connectivity index (χ3v) is 6.63. The second-order valence-electron chi connectivity index (χ2n) is 9.59. The van der Waals surface area contributed by atoms with Gasteiger partial charge in [0.1, 0.15) is 11.6 Å². The summed E-state index contributed by atoms with van der Waals surface area (Å²) in [7, 11) is 0. The summed E-state index contributed by atoms with van der Waals surface area (Å²) in [6.45, 7) is 4.55. The van der Waals surface area contributed by atoms with Gasteiger partial charge in [-0.15, -0.1) is 13.2 Å². The first kappa shape index (κ1) is 24.6. The zero-order valence-electron chi connectivity index (χ0n) is 19.1. The summed E-state index contributed by atoms with van der Waals surface area (Å²) >= 11 is 0. The Hall–Kier alpha value is -2.04. The molecule has 0 amide bonds. The molecule has 0 aliphatic heterocycles. The molecule has 1 fully saturated rings. The zero-order valence-corrected chi connectivity index (χ0v) is 19.1. The van der Waals surface area contributed by atoms with Gasteiger partial charge in [-0.1, -0.05) is 57.4 Å². The van der Waals surface area contributed by atoms with E-state index in [9.17, 15) is 17.6 Å². The fourth-order valence-electron chi connectivity index (χ4n) is 4.76. The van der Waals surface area contributed by atoms with E-state index in [4.69, 9.17) is 0 Å². The van der Waals surface area contributed by atoms with Gasteiger partial charge in [0.15, 0.2) is 0 Å². The summed E-state index contributed by atoms with van der Waals surface area (Å²) in [6.07, 6.45) is 5.06. The first-order valence-electron chi connectivity index (χ1n) is 11.8. The predicted octanol–water partition coefficient (Wildman–Crippen LogP) is 8.61. The van der Waals surface area contributed by atoms with Crippen LogP contribution in [0.25, 0.3) is 0 Å². The molecule has 0 heterocycles. The Kier molecular flexibility index (Phi) is 8.61. The maximum absolute atomic E-state index is 14.7. The minimum Gasteiger partial charge on any atom is -0.406 e. The Morgan fingerprint density at radius 1 is 0.938 bits per heavy atom. The monoisotopic (exact) mass is 450 g/mol. The van der Waals surface area contributed by atoms with Crippen LogP contribution in [0.1, 0.15) is 81.4 Å². The van der Waals surface area contributed by atoms with Crippen LogP contribution in [0.3, 0.4) is 0 Å². The molecule has 0 atom stereocenters. The van der Waals surface area contributed by atoms with Crippen molar-refractivity contribution in [3.8, 4) is 5.75 Å². The molecule has 1 nitrogen and oxygen atoms in total. The molecule has 1 aliphatic carbocycles. The maximum atomic E-state index is 14.7. The molecule has 1 aliphatic rings. The fourth-order valence-corrected chi connectivity index (χ4v) is 4.76. The Labute approximate surface area is 189 Å². The zero-order chi connectivity index (χ0) is 23.1. The van der Waals surface area contributed by atoms with Gasteiger partial charge in [-0.05, 0) is 91.2 Å². The predicted molar refractivity (Wildman–Crippen MR) is 120 cm³/mol. The maximum Gasteiger partial charge on any atom is 0.573 e. The molecule has 1 saturated carbocycles. The quantitative estimate of drug-likeness (QED) is 0.348. The lowest BCUT2D eigenvalue weighted by atomic mass is 9.76. The van der Waals surface area contributed by atoms with Crippen molar-refractivity contribution in [2.24, 2.45) is 11.8 Å². The van der Waals surface area contributed by atoms with Gasteiger partial charge in [0.2, 0.25) is 0 Å². The lowest BCUT2D eigenvalue weighted by Gasteiger charge is -2.29. The van der Waals surface area contributed by atoms with E-state index in [1.807, 2.05) is 6.07 Å². The van der Waals surface area contributed by atoms with E-state index in [1.54, 1.807) is 18.2 Å². The topological polar surface area (TPSA) is 9.23 Å². The summed E-state index contributed by atoms with van der Waals surface area (Å²) in [5, 5.41) is 0. The molecule has 0 aromatic heterocycles. The summed E-state index contributed by atoms with van der Waals surface area (Å²) in [5.41, 5.74) is 2.59. The summed E-state index contributed by atoms with van der Waals surface area (Å²) < 4.78 is 55.4. The number of benzene rings is 2. The van der Waals surface area contributed by atoms with Crippen LogP contribution in [0.5, 0.6) is 5.75 Å². The van der Waals surface area contributed by atoms with Gasteiger partial charge >= 0.3 is 6.36 Å². The minimum atomic E-state index is -4.70. The SMILES string of the molecule is CC(C)CCCC1CCC(c2ccc(CCc3ccc(OC(F)(F)F)cc3)c(F)c2)CC1. The highest BCUT2D eigenvalue weighted by Crippen LogP contribution is 2.38. The highest BCUT2D eigenvalue weighted by Gasteiger charge is 2.31. The molecular formula is C27H34F4O. The molecule has 2 aromatic rings. The first-order valence-corrected chi connectivity index (χ1v) is 11.8. The highest BCUT2D eigenvalue weighted by molar-refractivity contribution is 5.30. The van der Waals surface area contributed by atoms with Crippen molar-refractivity contribution in [2.45, 2.75) is 83.9 Å². The number of hydrogen-bond donors (Lipinski definition) is 0. The molecule has 2 aromatic carbocycles. The van der Waals surface area contributed by atoms with Crippen molar-refractivity contribution < 1.29 is 22.3 Å². The first-order chi connectivity index (χ1) is 15.2. The van der Waals surface area contributed by atoms with Gasteiger partial charge in [-0.25, -0.2) is 4.39 Å². The molecule has 0 radical (unpaired) electrons. The standard InChI is InChI=1S/C27H34F4O/c1-19(2)4-3-5-20-6-11-22(12-7-20)24-15-14-23(26(28)18-24)13-8-21-9-16-25(17-10-21)32-27(29,30)31/h9-10,14-20,22H,3-8,11-13H2,1-2H3. The molecule has 5 heteroatoms. The average molecular weight is 451 g/mol. The summed E-state index contributed by atoms with van der Waals surface area (Å²) in [4.78, 5) is 0. The van der Waals surface area contributed by atoms with Gasteiger partial charge in [-0.3, -0.25) is 0 Å². The van der Waals surface area contributed by atoms with E-state index < -0.39 is 6.36 Å². The van der Waals surface area contributed by atoms with Crippen LogP contribution >= 0.6 is 0 Å². The van der Waals surface area contributed by atoms with Crippen LogP contribution < -0.4 is 4.74 Å². The third-order valence-electron chi connectivity index (χ3n) is 6.63. The Balaban J connectivity index is 1.48. The molecule has 0 bridgehead atoms. The van der Waals surface area contributed by atoms with Crippen LogP contribution in [0, 0.1) is 17.7 Å². The van der Waals surface area contributed by atoms with Crippen LogP contribution in [0.2, 0.25) is 0 Å². The molecule has 3 rings (SSSR count). The van der Waals surface area contributed by atoms with Gasteiger partial charge in [0, 0.05) is 0 Å². The highest BCUT2D eigenvalue weighted by atomic mass is 19.4. The van der Waals surface area contributed by atoms with E-state index in [2.05, 4.69) is 24.7 Å². The van der Waals surface area contributed by atoms with Crippen LogP contribution in [-0.2, 0) is 12.8 Å². The second kappa shape index (κ2) is 11.2. The van der Waals surface area contributed by atoms with E-state index in [0.717, 1.165) is 35.8 Å². The number of alkyl halides is 3.